The van der Waals surface area contributed by atoms with E-state index in [-0.39, 0.29) is 0 Å². The molecule has 12 aromatic rings. The van der Waals surface area contributed by atoms with Crippen molar-refractivity contribution in [1.29, 1.82) is 0 Å². The van der Waals surface area contributed by atoms with Gasteiger partial charge >= 0.3 is 0 Å². The number of para-hydroxylation sites is 3. The Balaban J connectivity index is 1.07. The molecule has 0 saturated carbocycles. The SMILES string of the molecule is c1ccc(-c2nc(-c3cccc4oc5ccccc5c34)nc(-c3cccc4oc5ccc(-c6ccc7c8ccccc8n(-c8ccccc8)c7c6)cc5c34)n2)cc1. The van der Waals surface area contributed by atoms with Gasteiger partial charge in [-0.25, -0.2) is 15.0 Å². The maximum Gasteiger partial charge on any atom is 0.164 e. The summed E-state index contributed by atoms with van der Waals surface area (Å²) in [5.41, 5.74) is 11.5. The van der Waals surface area contributed by atoms with Crippen molar-refractivity contribution in [2.24, 2.45) is 0 Å². The molecule has 0 spiro atoms. The third kappa shape index (κ3) is 4.94. The molecule has 0 aliphatic heterocycles. The van der Waals surface area contributed by atoms with Gasteiger partial charge in [-0.15, -0.1) is 0 Å². The number of hydrogen-bond donors (Lipinski definition) is 0. The molecule has 0 N–H and O–H groups in total. The van der Waals surface area contributed by atoms with Crippen molar-refractivity contribution >= 4 is 65.7 Å². The Morgan fingerprint density at radius 2 is 0.877 bits per heavy atom. The average Bonchev–Trinajstić information content (AvgIpc) is 3.96. The van der Waals surface area contributed by atoms with Crippen molar-refractivity contribution in [2.45, 2.75) is 0 Å². The monoisotopic (exact) mass is 730 g/mol. The summed E-state index contributed by atoms with van der Waals surface area (Å²) in [4.78, 5) is 15.5. The molecule has 0 fully saturated rings. The number of benzene rings is 8. The van der Waals surface area contributed by atoms with Crippen molar-refractivity contribution in [3.05, 3.63) is 182 Å². The lowest BCUT2D eigenvalue weighted by Gasteiger charge is -2.10. The van der Waals surface area contributed by atoms with Crippen LogP contribution in [-0.2, 0) is 0 Å². The van der Waals surface area contributed by atoms with Crippen LogP contribution in [0, 0.1) is 0 Å². The Labute approximate surface area is 325 Å². The molecular weight excluding hydrogens is 701 g/mol. The summed E-state index contributed by atoms with van der Waals surface area (Å²) >= 11 is 0. The molecule has 0 aliphatic rings. The molecule has 12 rings (SSSR count). The van der Waals surface area contributed by atoms with Gasteiger partial charge in [-0.2, -0.15) is 0 Å². The summed E-state index contributed by atoms with van der Waals surface area (Å²) in [6.45, 7) is 0. The first kappa shape index (κ1) is 31.5. The van der Waals surface area contributed by atoms with Gasteiger partial charge in [0.1, 0.15) is 22.3 Å². The van der Waals surface area contributed by atoms with E-state index >= 15 is 0 Å². The molecule has 57 heavy (non-hydrogen) atoms. The first-order chi connectivity index (χ1) is 28.2. The van der Waals surface area contributed by atoms with E-state index in [1.54, 1.807) is 0 Å². The smallest absolute Gasteiger partial charge is 0.164 e. The Hall–Kier alpha value is -7.83. The Bertz CT molecular complexity index is 3530. The van der Waals surface area contributed by atoms with Crippen molar-refractivity contribution in [3.8, 4) is 51.0 Å². The quantitative estimate of drug-likeness (QED) is 0.176. The zero-order valence-corrected chi connectivity index (χ0v) is 30.4. The van der Waals surface area contributed by atoms with E-state index in [9.17, 15) is 0 Å². The van der Waals surface area contributed by atoms with Crippen molar-refractivity contribution < 1.29 is 8.83 Å². The van der Waals surface area contributed by atoms with E-state index in [1.165, 1.54) is 16.3 Å². The van der Waals surface area contributed by atoms with Crippen molar-refractivity contribution in [3.63, 3.8) is 0 Å². The van der Waals surface area contributed by atoms with Crippen LogP contribution in [0.3, 0.4) is 0 Å². The second-order valence-electron chi connectivity index (χ2n) is 14.4. The summed E-state index contributed by atoms with van der Waals surface area (Å²) in [6, 6.07) is 62.7. The maximum atomic E-state index is 6.53. The van der Waals surface area contributed by atoms with Gasteiger partial charge in [-0.1, -0.05) is 127 Å². The van der Waals surface area contributed by atoms with Gasteiger partial charge in [-0.3, -0.25) is 0 Å². The van der Waals surface area contributed by atoms with Crippen LogP contribution in [0.25, 0.3) is 117 Å². The Kier molecular flexibility index (Phi) is 6.83. The zero-order valence-electron chi connectivity index (χ0n) is 30.4. The lowest BCUT2D eigenvalue weighted by molar-refractivity contribution is 0.668. The van der Waals surface area contributed by atoms with Gasteiger partial charge in [0.2, 0.25) is 0 Å². The van der Waals surface area contributed by atoms with Crippen LogP contribution in [-0.4, -0.2) is 19.5 Å². The molecule has 0 amide bonds. The molecule has 0 atom stereocenters. The first-order valence-electron chi connectivity index (χ1n) is 19.0. The van der Waals surface area contributed by atoms with Crippen LogP contribution in [0.15, 0.2) is 191 Å². The summed E-state index contributed by atoms with van der Waals surface area (Å²) in [6.07, 6.45) is 0. The summed E-state index contributed by atoms with van der Waals surface area (Å²) in [7, 11) is 0. The van der Waals surface area contributed by atoms with Gasteiger partial charge in [0.05, 0.1) is 11.0 Å². The highest BCUT2D eigenvalue weighted by Crippen LogP contribution is 2.41. The summed E-state index contributed by atoms with van der Waals surface area (Å²) in [5, 5.41) is 6.39. The average molecular weight is 731 g/mol. The molecule has 266 valence electrons. The number of rotatable bonds is 5. The lowest BCUT2D eigenvalue weighted by atomic mass is 9.99. The minimum absolute atomic E-state index is 0.566. The third-order valence-corrected chi connectivity index (χ3v) is 11.1. The predicted octanol–water partition coefficient (Wildman–Crippen LogP) is 13.4. The highest BCUT2D eigenvalue weighted by molar-refractivity contribution is 6.15. The van der Waals surface area contributed by atoms with E-state index in [0.29, 0.717) is 17.5 Å². The molecule has 6 nitrogen and oxygen atoms in total. The second kappa shape index (κ2) is 12.3. The minimum atomic E-state index is 0.566. The number of aromatic nitrogens is 4. The van der Waals surface area contributed by atoms with E-state index in [1.807, 2.05) is 72.8 Å². The molecular formula is C51H30N4O2. The van der Waals surface area contributed by atoms with Gasteiger partial charge < -0.3 is 13.4 Å². The zero-order chi connectivity index (χ0) is 37.5. The maximum absolute atomic E-state index is 6.53. The van der Waals surface area contributed by atoms with Crippen molar-refractivity contribution in [2.75, 3.05) is 0 Å². The fraction of sp³-hybridized carbons (Fsp3) is 0. The molecule has 0 saturated heterocycles. The predicted molar refractivity (Wildman–Crippen MR) is 230 cm³/mol. The topological polar surface area (TPSA) is 69.9 Å². The van der Waals surface area contributed by atoms with Gasteiger partial charge in [0.25, 0.3) is 0 Å². The minimum Gasteiger partial charge on any atom is -0.456 e. The number of hydrogen-bond acceptors (Lipinski definition) is 5. The highest BCUT2D eigenvalue weighted by Gasteiger charge is 2.21. The largest absolute Gasteiger partial charge is 0.456 e. The van der Waals surface area contributed by atoms with E-state index in [2.05, 4.69) is 114 Å². The highest BCUT2D eigenvalue weighted by atomic mass is 16.3. The second-order valence-corrected chi connectivity index (χ2v) is 14.4. The Morgan fingerprint density at radius 1 is 0.333 bits per heavy atom. The van der Waals surface area contributed by atoms with Gasteiger partial charge in [-0.05, 0) is 65.7 Å². The molecule has 0 aliphatic carbocycles. The van der Waals surface area contributed by atoms with E-state index in [0.717, 1.165) is 82.9 Å². The van der Waals surface area contributed by atoms with Crippen LogP contribution in [0.4, 0.5) is 0 Å². The number of furan rings is 2. The fourth-order valence-electron chi connectivity index (χ4n) is 8.49. The van der Waals surface area contributed by atoms with E-state index in [4.69, 9.17) is 23.8 Å². The first-order valence-corrected chi connectivity index (χ1v) is 19.0. The summed E-state index contributed by atoms with van der Waals surface area (Å²) < 4.78 is 15.2. The molecule has 0 bridgehead atoms. The molecule has 0 unspecified atom stereocenters. The van der Waals surface area contributed by atoms with Crippen LogP contribution < -0.4 is 0 Å². The van der Waals surface area contributed by atoms with E-state index < -0.39 is 0 Å². The number of nitrogens with zero attached hydrogens (tertiary/aromatic N) is 4. The lowest BCUT2D eigenvalue weighted by Crippen LogP contribution is -2.00. The van der Waals surface area contributed by atoms with Crippen LogP contribution >= 0.6 is 0 Å². The molecule has 0 radical (unpaired) electrons. The standard InChI is InChI=1S/C51H30N4O2/c1-3-13-31(14-4-1)49-52-50(38-19-11-23-45-47(38)37-18-8-10-22-43(37)56-45)54-51(53-49)39-20-12-24-46-48(39)40-29-32(26-28-44(40)57-46)33-25-27-36-35-17-7-9-21-41(35)55(42(36)30-33)34-15-5-2-6-16-34/h1-30H. The molecule has 4 aromatic heterocycles. The molecule has 8 aromatic carbocycles. The summed E-state index contributed by atoms with van der Waals surface area (Å²) in [5.74, 6) is 1.73. The fourth-order valence-corrected chi connectivity index (χ4v) is 8.49. The van der Waals surface area contributed by atoms with Gasteiger partial charge in [0, 0.05) is 54.7 Å². The van der Waals surface area contributed by atoms with Crippen LogP contribution in [0.1, 0.15) is 0 Å². The van der Waals surface area contributed by atoms with Gasteiger partial charge in [0.15, 0.2) is 17.5 Å². The normalized spacial score (nSPS) is 11.9. The molecule has 6 heteroatoms. The Morgan fingerprint density at radius 3 is 1.63 bits per heavy atom. The molecule has 4 heterocycles. The number of fused-ring (bicyclic) bond motifs is 9. The van der Waals surface area contributed by atoms with Crippen molar-refractivity contribution in [1.82, 2.24) is 19.5 Å². The van der Waals surface area contributed by atoms with Crippen LogP contribution in [0.2, 0.25) is 0 Å². The van der Waals surface area contributed by atoms with Crippen LogP contribution in [0.5, 0.6) is 0 Å². The third-order valence-electron chi connectivity index (χ3n) is 11.1.